The van der Waals surface area contributed by atoms with Crippen LogP contribution in [0.5, 0.6) is 0 Å². The van der Waals surface area contributed by atoms with E-state index in [-0.39, 0.29) is 0 Å². The molecule has 0 aliphatic carbocycles. The molecule has 0 fully saturated rings. The second-order valence-electron chi connectivity index (χ2n) is 4.03. The summed E-state index contributed by atoms with van der Waals surface area (Å²) in [7, 11) is 1.97. The Morgan fingerprint density at radius 3 is 3.00 bits per heavy atom. The summed E-state index contributed by atoms with van der Waals surface area (Å²) in [5.41, 5.74) is 2.45. The van der Waals surface area contributed by atoms with Crippen molar-refractivity contribution >= 4 is 16.9 Å². The normalized spacial score (nSPS) is 19.9. The predicted octanol–water partition coefficient (Wildman–Crippen LogP) is 1.70. The maximum atomic E-state index is 4.48. The molecule has 0 saturated heterocycles. The van der Waals surface area contributed by atoms with Gasteiger partial charge in [-0.1, -0.05) is 18.7 Å². The minimum absolute atomic E-state index is 0.664. The highest BCUT2D eigenvalue weighted by atomic mass is 32.2. The van der Waals surface area contributed by atoms with Crippen molar-refractivity contribution in [1.29, 1.82) is 0 Å². The molecule has 0 aromatic carbocycles. The molecule has 1 unspecified atom stereocenters. The molecule has 0 radical (unpaired) electrons. The van der Waals surface area contributed by atoms with Crippen LogP contribution in [0.25, 0.3) is 0 Å². The van der Waals surface area contributed by atoms with Crippen LogP contribution in [-0.4, -0.2) is 26.7 Å². The number of hydrogen-bond donors (Lipinski definition) is 1. The van der Waals surface area contributed by atoms with Gasteiger partial charge in [0.25, 0.3) is 0 Å². The summed E-state index contributed by atoms with van der Waals surface area (Å²) in [4.78, 5) is 4.48. The summed E-state index contributed by atoms with van der Waals surface area (Å²) in [6.45, 7) is 6.07. The zero-order valence-corrected chi connectivity index (χ0v) is 10.8. The van der Waals surface area contributed by atoms with Crippen LogP contribution in [0.1, 0.15) is 24.6 Å². The third-order valence-electron chi connectivity index (χ3n) is 2.94. The lowest BCUT2D eigenvalue weighted by Crippen LogP contribution is -2.19. The van der Waals surface area contributed by atoms with Crippen LogP contribution in [-0.2, 0) is 13.6 Å². The Bertz CT molecular complexity index is 397. The van der Waals surface area contributed by atoms with Gasteiger partial charge in [0.15, 0.2) is 5.17 Å². The average molecular weight is 238 g/mol. The topological polar surface area (TPSA) is 42.2 Å². The lowest BCUT2D eigenvalue weighted by molar-refractivity contribution is 0.736. The summed E-state index contributed by atoms with van der Waals surface area (Å²) in [6.07, 6.45) is 3.10. The molecule has 88 valence electrons. The lowest BCUT2D eigenvalue weighted by atomic mass is 10.2. The van der Waals surface area contributed by atoms with Gasteiger partial charge in [0.2, 0.25) is 0 Å². The number of rotatable bonds is 3. The van der Waals surface area contributed by atoms with E-state index >= 15 is 0 Å². The number of aromatic nitrogens is 2. The van der Waals surface area contributed by atoms with Crippen LogP contribution in [0.3, 0.4) is 0 Å². The molecule has 1 aromatic rings. The van der Waals surface area contributed by atoms with E-state index < -0.39 is 0 Å². The van der Waals surface area contributed by atoms with Gasteiger partial charge in [-0.25, -0.2) is 0 Å². The highest BCUT2D eigenvalue weighted by Gasteiger charge is 2.17. The Labute approximate surface area is 101 Å². The van der Waals surface area contributed by atoms with Crippen LogP contribution < -0.4 is 5.32 Å². The zero-order valence-electron chi connectivity index (χ0n) is 10.0. The molecule has 1 aliphatic rings. The Balaban J connectivity index is 1.87. The Morgan fingerprint density at radius 1 is 1.62 bits per heavy atom. The smallest absolute Gasteiger partial charge is 0.157 e. The van der Waals surface area contributed by atoms with Crippen LogP contribution in [0, 0.1) is 6.92 Å². The number of aryl methyl sites for hydroxylation is 1. The SMILES string of the molecule is CCC1CN=C(NCc2cnn(C)c2C)S1. The molecule has 0 amide bonds. The van der Waals surface area contributed by atoms with Crippen molar-refractivity contribution < 1.29 is 0 Å². The largest absolute Gasteiger partial charge is 0.361 e. The van der Waals surface area contributed by atoms with Gasteiger partial charge in [-0.15, -0.1) is 0 Å². The zero-order chi connectivity index (χ0) is 11.5. The molecule has 0 saturated carbocycles. The fourth-order valence-corrected chi connectivity index (χ4v) is 2.55. The third kappa shape index (κ3) is 2.40. The molecule has 1 aliphatic heterocycles. The van der Waals surface area contributed by atoms with E-state index in [0.29, 0.717) is 5.25 Å². The van der Waals surface area contributed by atoms with Gasteiger partial charge in [-0.3, -0.25) is 9.67 Å². The summed E-state index contributed by atoms with van der Waals surface area (Å²) in [6, 6.07) is 0. The van der Waals surface area contributed by atoms with Crippen LogP contribution >= 0.6 is 11.8 Å². The van der Waals surface area contributed by atoms with Gasteiger partial charge in [-0.2, -0.15) is 5.10 Å². The Hall–Kier alpha value is -0.970. The van der Waals surface area contributed by atoms with Crippen molar-refractivity contribution in [3.63, 3.8) is 0 Å². The first-order chi connectivity index (χ1) is 7.70. The molecule has 2 heterocycles. The summed E-state index contributed by atoms with van der Waals surface area (Å²) in [5, 5.41) is 9.34. The molecule has 2 rings (SSSR count). The second kappa shape index (κ2) is 4.91. The van der Waals surface area contributed by atoms with Crippen molar-refractivity contribution in [2.24, 2.45) is 12.0 Å². The second-order valence-corrected chi connectivity index (χ2v) is 5.32. The van der Waals surface area contributed by atoms with Gasteiger partial charge in [0.05, 0.1) is 12.7 Å². The minimum Gasteiger partial charge on any atom is -0.361 e. The number of nitrogens with one attached hydrogen (secondary N) is 1. The van der Waals surface area contributed by atoms with Crippen molar-refractivity contribution in [3.05, 3.63) is 17.5 Å². The molecule has 4 nitrogen and oxygen atoms in total. The standard InChI is InChI=1S/C11H18N4S/c1-4-10-7-13-11(16-10)12-5-9-6-14-15(3)8(9)2/h6,10H,4-5,7H2,1-3H3,(H,12,13). The third-order valence-corrected chi connectivity index (χ3v) is 4.25. The average Bonchev–Trinajstić information content (AvgIpc) is 2.86. The van der Waals surface area contributed by atoms with E-state index in [1.165, 1.54) is 17.7 Å². The maximum Gasteiger partial charge on any atom is 0.157 e. The van der Waals surface area contributed by atoms with Crippen molar-refractivity contribution in [2.45, 2.75) is 32.1 Å². The van der Waals surface area contributed by atoms with Crippen molar-refractivity contribution in [2.75, 3.05) is 6.54 Å². The molecule has 0 bridgehead atoms. The molecule has 5 heteroatoms. The first-order valence-electron chi connectivity index (χ1n) is 5.63. The van der Waals surface area contributed by atoms with Gasteiger partial charge in [0.1, 0.15) is 0 Å². The van der Waals surface area contributed by atoms with E-state index in [1.54, 1.807) is 0 Å². The van der Waals surface area contributed by atoms with E-state index in [2.05, 4.69) is 29.3 Å². The first kappa shape index (κ1) is 11.5. The fraction of sp³-hybridized carbons (Fsp3) is 0.636. The van der Waals surface area contributed by atoms with Gasteiger partial charge in [-0.05, 0) is 13.3 Å². The molecular weight excluding hydrogens is 220 g/mol. The highest BCUT2D eigenvalue weighted by molar-refractivity contribution is 8.14. The van der Waals surface area contributed by atoms with Crippen LogP contribution in [0.15, 0.2) is 11.2 Å². The molecular formula is C11H18N4S. The van der Waals surface area contributed by atoms with Crippen LogP contribution in [0.4, 0.5) is 0 Å². The molecule has 1 atom stereocenters. The molecule has 1 aromatic heterocycles. The Kier molecular flexibility index (Phi) is 3.53. The summed E-state index contributed by atoms with van der Waals surface area (Å²) >= 11 is 1.85. The predicted molar refractivity (Wildman–Crippen MR) is 68.8 cm³/mol. The van der Waals surface area contributed by atoms with Crippen LogP contribution in [0.2, 0.25) is 0 Å². The quantitative estimate of drug-likeness (QED) is 0.871. The van der Waals surface area contributed by atoms with E-state index in [9.17, 15) is 0 Å². The minimum atomic E-state index is 0.664. The molecule has 1 N–H and O–H groups in total. The van der Waals surface area contributed by atoms with Crippen molar-refractivity contribution in [1.82, 2.24) is 15.1 Å². The molecule has 16 heavy (non-hydrogen) atoms. The van der Waals surface area contributed by atoms with E-state index in [1.807, 2.05) is 29.7 Å². The summed E-state index contributed by atoms with van der Waals surface area (Å²) in [5.74, 6) is 0. The molecule has 0 spiro atoms. The fourth-order valence-electron chi connectivity index (χ4n) is 1.62. The Morgan fingerprint density at radius 2 is 2.44 bits per heavy atom. The first-order valence-corrected chi connectivity index (χ1v) is 6.51. The number of aliphatic imine (C=N–C) groups is 1. The van der Waals surface area contributed by atoms with Gasteiger partial charge >= 0.3 is 0 Å². The summed E-state index contributed by atoms with van der Waals surface area (Å²) < 4.78 is 1.90. The highest BCUT2D eigenvalue weighted by Crippen LogP contribution is 2.22. The van der Waals surface area contributed by atoms with E-state index in [4.69, 9.17) is 0 Å². The monoisotopic (exact) mass is 238 g/mol. The maximum absolute atomic E-state index is 4.48. The van der Waals surface area contributed by atoms with E-state index in [0.717, 1.165) is 18.3 Å². The van der Waals surface area contributed by atoms with Crippen molar-refractivity contribution in [3.8, 4) is 0 Å². The van der Waals surface area contributed by atoms with Gasteiger partial charge in [0, 0.05) is 30.1 Å². The number of hydrogen-bond acceptors (Lipinski definition) is 4. The number of amidine groups is 1. The lowest BCUT2D eigenvalue weighted by Gasteiger charge is -2.06. The van der Waals surface area contributed by atoms with Gasteiger partial charge < -0.3 is 5.32 Å². The number of thioether (sulfide) groups is 1. The number of nitrogens with zero attached hydrogens (tertiary/aromatic N) is 3.